The van der Waals surface area contributed by atoms with E-state index < -0.39 is 4.92 Å². The van der Waals surface area contributed by atoms with Crippen molar-refractivity contribution in [3.8, 4) is 0 Å². The Morgan fingerprint density at radius 1 is 1.12 bits per heavy atom. The van der Waals surface area contributed by atoms with Gasteiger partial charge in [-0.2, -0.15) is 0 Å². The van der Waals surface area contributed by atoms with Crippen molar-refractivity contribution in [3.05, 3.63) is 68.2 Å². The Hall–Kier alpha value is -1.52. The average molecular weight is 364 g/mol. The molecule has 2 aromatic carbocycles. The molecule has 0 aromatic heterocycles. The zero-order valence-electron chi connectivity index (χ0n) is 14.4. The minimum Gasteiger partial charge on any atom is -0.258 e. The summed E-state index contributed by atoms with van der Waals surface area (Å²) in [6.07, 6.45) is 2.92. The third kappa shape index (κ3) is 4.52. The van der Waals surface area contributed by atoms with Gasteiger partial charge in [0, 0.05) is 11.0 Å². The summed E-state index contributed by atoms with van der Waals surface area (Å²) in [6, 6.07) is 11.8. The lowest BCUT2D eigenvalue weighted by Gasteiger charge is -2.15. The SMILES string of the molecule is CSc1cc(CC(C)c2ccc(Cl)c([N+](=O)[O-])c2)cc(C(C)C)c1. The fourth-order valence-electron chi connectivity index (χ4n) is 2.70. The molecule has 3 nitrogen and oxygen atoms in total. The lowest BCUT2D eigenvalue weighted by atomic mass is 9.91. The molecule has 0 saturated heterocycles. The maximum atomic E-state index is 11.1. The van der Waals surface area contributed by atoms with Crippen LogP contribution in [-0.2, 0) is 6.42 Å². The highest BCUT2D eigenvalue weighted by Crippen LogP contribution is 2.31. The third-order valence-corrected chi connectivity index (χ3v) is 5.20. The molecule has 2 aromatic rings. The van der Waals surface area contributed by atoms with Crippen LogP contribution in [0, 0.1) is 10.1 Å². The van der Waals surface area contributed by atoms with Crippen LogP contribution in [0.3, 0.4) is 0 Å². The summed E-state index contributed by atoms with van der Waals surface area (Å²) in [5.41, 5.74) is 3.50. The zero-order chi connectivity index (χ0) is 17.9. The van der Waals surface area contributed by atoms with Gasteiger partial charge in [0.25, 0.3) is 5.69 Å². The molecule has 0 N–H and O–H groups in total. The third-order valence-electron chi connectivity index (χ3n) is 4.17. The summed E-state index contributed by atoms with van der Waals surface area (Å²) in [7, 11) is 0. The second-order valence-electron chi connectivity index (χ2n) is 6.34. The second kappa shape index (κ2) is 8.04. The lowest BCUT2D eigenvalue weighted by Crippen LogP contribution is -2.01. The molecule has 0 bridgehead atoms. The zero-order valence-corrected chi connectivity index (χ0v) is 15.9. The maximum Gasteiger partial charge on any atom is 0.288 e. The number of hydrogen-bond acceptors (Lipinski definition) is 3. The predicted molar refractivity (Wildman–Crippen MR) is 103 cm³/mol. The minimum atomic E-state index is -0.427. The van der Waals surface area contributed by atoms with Gasteiger partial charge in [0.15, 0.2) is 0 Å². The van der Waals surface area contributed by atoms with E-state index in [4.69, 9.17) is 11.6 Å². The first-order valence-corrected chi connectivity index (χ1v) is 9.53. The number of benzene rings is 2. The number of nitro groups is 1. The van der Waals surface area contributed by atoms with Gasteiger partial charge in [-0.25, -0.2) is 0 Å². The van der Waals surface area contributed by atoms with Gasteiger partial charge >= 0.3 is 0 Å². The van der Waals surface area contributed by atoms with E-state index in [-0.39, 0.29) is 16.6 Å². The van der Waals surface area contributed by atoms with Crippen LogP contribution in [0.4, 0.5) is 5.69 Å². The summed E-state index contributed by atoms with van der Waals surface area (Å²) in [5, 5.41) is 11.3. The van der Waals surface area contributed by atoms with Crippen molar-refractivity contribution >= 4 is 29.1 Å². The van der Waals surface area contributed by atoms with Crippen LogP contribution < -0.4 is 0 Å². The number of thioether (sulfide) groups is 1. The van der Waals surface area contributed by atoms with E-state index in [1.54, 1.807) is 23.9 Å². The molecular formula is C19H22ClNO2S. The van der Waals surface area contributed by atoms with Gasteiger partial charge in [-0.1, -0.05) is 44.5 Å². The molecule has 24 heavy (non-hydrogen) atoms. The minimum absolute atomic E-state index is 0.0262. The fourth-order valence-corrected chi connectivity index (χ4v) is 3.41. The number of rotatable bonds is 6. The van der Waals surface area contributed by atoms with Crippen LogP contribution in [0.5, 0.6) is 0 Å². The van der Waals surface area contributed by atoms with Crippen molar-refractivity contribution in [1.82, 2.24) is 0 Å². The van der Waals surface area contributed by atoms with E-state index in [2.05, 4.69) is 45.2 Å². The number of halogens is 1. The highest BCUT2D eigenvalue weighted by molar-refractivity contribution is 7.98. The monoisotopic (exact) mass is 363 g/mol. The van der Waals surface area contributed by atoms with Gasteiger partial charge in [0.2, 0.25) is 0 Å². The molecule has 0 aliphatic carbocycles. The summed E-state index contributed by atoms with van der Waals surface area (Å²) in [6.45, 7) is 6.47. The Balaban J connectivity index is 2.29. The topological polar surface area (TPSA) is 43.1 Å². The van der Waals surface area contributed by atoms with E-state index in [1.807, 2.05) is 6.07 Å². The Morgan fingerprint density at radius 3 is 2.42 bits per heavy atom. The summed E-state index contributed by atoms with van der Waals surface area (Å²) in [5.74, 6) is 0.654. The first kappa shape index (κ1) is 18.8. The first-order chi connectivity index (χ1) is 11.3. The van der Waals surface area contributed by atoms with Gasteiger partial charge < -0.3 is 0 Å². The van der Waals surface area contributed by atoms with Crippen LogP contribution >= 0.6 is 23.4 Å². The fraction of sp³-hybridized carbons (Fsp3) is 0.368. The number of nitro benzene ring substituents is 1. The van der Waals surface area contributed by atoms with Crippen LogP contribution in [0.25, 0.3) is 0 Å². The molecule has 0 fully saturated rings. The van der Waals surface area contributed by atoms with Crippen LogP contribution in [0.15, 0.2) is 41.3 Å². The molecular weight excluding hydrogens is 342 g/mol. The molecule has 0 radical (unpaired) electrons. The first-order valence-electron chi connectivity index (χ1n) is 7.93. The van der Waals surface area contributed by atoms with Crippen molar-refractivity contribution in [2.24, 2.45) is 0 Å². The molecule has 2 rings (SSSR count). The molecule has 0 aliphatic rings. The largest absolute Gasteiger partial charge is 0.288 e. The Labute approximate surface area is 152 Å². The molecule has 1 unspecified atom stereocenters. The lowest BCUT2D eigenvalue weighted by molar-refractivity contribution is -0.384. The number of nitrogens with zero attached hydrogens (tertiary/aromatic N) is 1. The van der Waals surface area contributed by atoms with E-state index in [1.165, 1.54) is 16.0 Å². The van der Waals surface area contributed by atoms with Crippen molar-refractivity contribution in [3.63, 3.8) is 0 Å². The molecule has 128 valence electrons. The van der Waals surface area contributed by atoms with Crippen molar-refractivity contribution < 1.29 is 4.92 Å². The van der Waals surface area contributed by atoms with E-state index in [0.717, 1.165) is 12.0 Å². The standard InChI is InChI=1S/C19H22ClNO2S/c1-12(2)16-8-14(9-17(10-16)24-4)7-13(3)15-5-6-18(20)19(11-15)21(22)23/h5-6,8-13H,7H2,1-4H3. The molecule has 0 amide bonds. The van der Waals surface area contributed by atoms with E-state index in [9.17, 15) is 10.1 Å². The summed E-state index contributed by atoms with van der Waals surface area (Å²) < 4.78 is 0. The van der Waals surface area contributed by atoms with Crippen molar-refractivity contribution in [1.29, 1.82) is 0 Å². The molecule has 1 atom stereocenters. The normalized spacial score (nSPS) is 12.4. The number of hydrogen-bond donors (Lipinski definition) is 0. The average Bonchev–Trinajstić information content (AvgIpc) is 2.54. The van der Waals surface area contributed by atoms with E-state index in [0.29, 0.717) is 5.92 Å². The van der Waals surface area contributed by atoms with Crippen LogP contribution in [0.1, 0.15) is 49.3 Å². The molecule has 5 heteroatoms. The molecule has 0 aliphatic heterocycles. The molecule has 0 spiro atoms. The smallest absolute Gasteiger partial charge is 0.258 e. The maximum absolute atomic E-state index is 11.1. The molecule has 0 saturated carbocycles. The van der Waals surface area contributed by atoms with Gasteiger partial charge in [-0.3, -0.25) is 10.1 Å². The van der Waals surface area contributed by atoms with Gasteiger partial charge in [-0.15, -0.1) is 11.8 Å². The quantitative estimate of drug-likeness (QED) is 0.337. The van der Waals surface area contributed by atoms with E-state index >= 15 is 0 Å². The summed E-state index contributed by atoms with van der Waals surface area (Å²) >= 11 is 7.65. The van der Waals surface area contributed by atoms with Gasteiger partial charge in [0.05, 0.1) is 4.92 Å². The highest BCUT2D eigenvalue weighted by atomic mass is 35.5. The van der Waals surface area contributed by atoms with Crippen LogP contribution in [-0.4, -0.2) is 11.2 Å². The van der Waals surface area contributed by atoms with Crippen LogP contribution in [0.2, 0.25) is 5.02 Å². The Bertz CT molecular complexity index is 746. The Kier molecular flexibility index (Phi) is 6.30. The van der Waals surface area contributed by atoms with Crippen molar-refractivity contribution in [2.45, 2.75) is 43.9 Å². The molecule has 0 heterocycles. The highest BCUT2D eigenvalue weighted by Gasteiger charge is 2.16. The van der Waals surface area contributed by atoms with Gasteiger partial charge in [-0.05, 0) is 59.4 Å². The Morgan fingerprint density at radius 2 is 1.83 bits per heavy atom. The second-order valence-corrected chi connectivity index (χ2v) is 7.63. The van der Waals surface area contributed by atoms with Crippen molar-refractivity contribution in [2.75, 3.05) is 6.26 Å². The predicted octanol–water partition coefficient (Wildman–Crippen LogP) is 6.44. The van der Waals surface area contributed by atoms with Gasteiger partial charge in [0.1, 0.15) is 5.02 Å². The summed E-state index contributed by atoms with van der Waals surface area (Å²) in [4.78, 5) is 11.9.